The van der Waals surface area contributed by atoms with E-state index in [0.29, 0.717) is 47.9 Å². The normalized spacial score (nSPS) is 17.7. The van der Waals surface area contributed by atoms with Gasteiger partial charge in [0.2, 0.25) is 0 Å². The topological polar surface area (TPSA) is 85.3 Å². The van der Waals surface area contributed by atoms with Gasteiger partial charge in [-0.05, 0) is 43.2 Å². The van der Waals surface area contributed by atoms with Crippen LogP contribution in [0.1, 0.15) is 37.4 Å². The van der Waals surface area contributed by atoms with Crippen LogP contribution in [0.2, 0.25) is 0 Å². The van der Waals surface area contributed by atoms with E-state index in [1.54, 1.807) is 30.3 Å². The van der Waals surface area contributed by atoms with Gasteiger partial charge in [-0.25, -0.2) is 0 Å². The lowest BCUT2D eigenvalue weighted by molar-refractivity contribution is -0.139. The fourth-order valence-corrected chi connectivity index (χ4v) is 3.78. The van der Waals surface area contributed by atoms with Crippen molar-refractivity contribution in [2.45, 2.75) is 26.3 Å². The average Bonchev–Trinajstić information content (AvgIpc) is 3.04. The molecule has 0 spiro atoms. The molecule has 2 aromatic carbocycles. The summed E-state index contributed by atoms with van der Waals surface area (Å²) >= 11 is 0. The second-order valence-corrected chi connectivity index (χ2v) is 7.06. The van der Waals surface area contributed by atoms with Crippen LogP contribution < -0.4 is 14.2 Å². The summed E-state index contributed by atoms with van der Waals surface area (Å²) in [6.45, 7) is 4.68. The molecule has 0 saturated carbocycles. The van der Waals surface area contributed by atoms with E-state index in [2.05, 4.69) is 0 Å². The number of likely N-dealkylation sites (tertiary alicyclic amines) is 1. The van der Waals surface area contributed by atoms with Crippen LogP contribution in [0.25, 0.3) is 5.76 Å². The molecule has 1 heterocycles. The monoisotopic (exact) mass is 425 g/mol. The predicted molar refractivity (Wildman–Crippen MR) is 116 cm³/mol. The lowest BCUT2D eigenvalue weighted by Gasteiger charge is -2.25. The quantitative estimate of drug-likeness (QED) is 0.392. The van der Waals surface area contributed by atoms with E-state index < -0.39 is 17.7 Å². The maximum absolute atomic E-state index is 13.0. The van der Waals surface area contributed by atoms with E-state index in [-0.39, 0.29) is 11.3 Å². The number of hydrogen-bond acceptors (Lipinski definition) is 6. The van der Waals surface area contributed by atoms with Crippen molar-refractivity contribution in [2.24, 2.45) is 0 Å². The molecule has 1 atom stereocenters. The van der Waals surface area contributed by atoms with Gasteiger partial charge in [0.15, 0.2) is 0 Å². The Morgan fingerprint density at radius 2 is 1.81 bits per heavy atom. The third-order valence-electron chi connectivity index (χ3n) is 5.15. The van der Waals surface area contributed by atoms with Crippen molar-refractivity contribution in [2.75, 3.05) is 27.4 Å². The lowest BCUT2D eigenvalue weighted by Crippen LogP contribution is -2.30. The highest BCUT2D eigenvalue weighted by Gasteiger charge is 2.46. The number of rotatable bonds is 8. The number of aliphatic hydroxyl groups is 1. The number of methoxy groups -OCH3 is 2. The number of nitrogens with zero attached hydrogens (tertiary/aromatic N) is 1. The maximum atomic E-state index is 13.0. The van der Waals surface area contributed by atoms with Crippen molar-refractivity contribution < 1.29 is 28.9 Å². The zero-order chi connectivity index (χ0) is 22.5. The highest BCUT2D eigenvalue weighted by Crippen LogP contribution is 2.42. The number of carbonyl (C=O) groups is 2. The standard InChI is InChI=1S/C24H27NO6/c1-5-12-25-21(15-8-7-9-17(13-15)31-6-2)20(23(27)24(25)28)22(26)18-11-10-16(29-3)14-19(18)30-4/h7-11,13-14,21,26H,5-6,12H2,1-4H3/b22-20-. The number of hydrogen-bond donors (Lipinski definition) is 1. The second kappa shape index (κ2) is 9.55. The summed E-state index contributed by atoms with van der Waals surface area (Å²) < 4.78 is 16.2. The molecular weight excluding hydrogens is 398 g/mol. The molecule has 0 bridgehead atoms. The first-order chi connectivity index (χ1) is 15.0. The van der Waals surface area contributed by atoms with E-state index in [1.807, 2.05) is 26.0 Å². The van der Waals surface area contributed by atoms with Crippen molar-refractivity contribution >= 4 is 17.4 Å². The Hall–Kier alpha value is -3.48. The average molecular weight is 425 g/mol. The van der Waals surface area contributed by atoms with Crippen molar-refractivity contribution in [1.82, 2.24) is 4.90 Å². The Bertz CT molecular complexity index is 1010. The zero-order valence-electron chi connectivity index (χ0n) is 18.2. The van der Waals surface area contributed by atoms with E-state index in [4.69, 9.17) is 14.2 Å². The molecule has 31 heavy (non-hydrogen) atoms. The van der Waals surface area contributed by atoms with Gasteiger partial charge in [-0.3, -0.25) is 9.59 Å². The molecule has 1 fully saturated rings. The molecule has 1 N–H and O–H groups in total. The molecule has 1 unspecified atom stereocenters. The first-order valence-electron chi connectivity index (χ1n) is 10.2. The molecule has 1 amide bonds. The number of ether oxygens (including phenoxy) is 3. The summed E-state index contributed by atoms with van der Waals surface area (Å²) in [7, 11) is 2.99. The summed E-state index contributed by atoms with van der Waals surface area (Å²) in [5.74, 6) is -0.146. The first kappa shape index (κ1) is 22.2. The Kier molecular flexibility index (Phi) is 6.84. The lowest BCUT2D eigenvalue weighted by atomic mass is 9.94. The zero-order valence-corrected chi connectivity index (χ0v) is 18.2. The third kappa shape index (κ3) is 4.21. The van der Waals surface area contributed by atoms with Crippen LogP contribution in [0.3, 0.4) is 0 Å². The fraction of sp³-hybridized carbons (Fsp3) is 0.333. The molecule has 164 valence electrons. The fourth-order valence-electron chi connectivity index (χ4n) is 3.78. The SMILES string of the molecule is CCCN1C(=O)C(=O)/C(=C(\O)c2ccc(OC)cc2OC)C1c1cccc(OCC)c1. The Balaban J connectivity index is 2.21. The van der Waals surface area contributed by atoms with E-state index >= 15 is 0 Å². The number of benzene rings is 2. The summed E-state index contributed by atoms with van der Waals surface area (Å²) in [6, 6.07) is 11.4. The summed E-state index contributed by atoms with van der Waals surface area (Å²) in [5, 5.41) is 11.2. The highest BCUT2D eigenvalue weighted by atomic mass is 16.5. The number of Topliss-reactive ketones (excluding diaryl/α,β-unsaturated/α-hetero) is 1. The van der Waals surface area contributed by atoms with Gasteiger partial charge in [-0.15, -0.1) is 0 Å². The van der Waals surface area contributed by atoms with Crippen molar-refractivity contribution in [3.05, 3.63) is 59.2 Å². The van der Waals surface area contributed by atoms with Crippen molar-refractivity contribution in [3.8, 4) is 17.2 Å². The van der Waals surface area contributed by atoms with Gasteiger partial charge < -0.3 is 24.2 Å². The van der Waals surface area contributed by atoms with Crippen LogP contribution in [-0.2, 0) is 9.59 Å². The van der Waals surface area contributed by atoms with Crippen LogP contribution in [0.4, 0.5) is 0 Å². The summed E-state index contributed by atoms with van der Waals surface area (Å²) in [4.78, 5) is 27.4. The molecule has 7 heteroatoms. The Morgan fingerprint density at radius 3 is 2.45 bits per heavy atom. The van der Waals surface area contributed by atoms with E-state index in [0.717, 1.165) is 0 Å². The smallest absolute Gasteiger partial charge is 0.295 e. The van der Waals surface area contributed by atoms with Crippen LogP contribution in [-0.4, -0.2) is 49.1 Å². The third-order valence-corrected chi connectivity index (χ3v) is 5.15. The van der Waals surface area contributed by atoms with Crippen LogP contribution in [0, 0.1) is 0 Å². The highest BCUT2D eigenvalue weighted by molar-refractivity contribution is 6.46. The van der Waals surface area contributed by atoms with Gasteiger partial charge in [-0.1, -0.05) is 19.1 Å². The molecular formula is C24H27NO6. The molecule has 0 radical (unpaired) electrons. The summed E-state index contributed by atoms with van der Waals surface area (Å²) in [6.07, 6.45) is 0.667. The molecule has 0 aromatic heterocycles. The number of amides is 1. The molecule has 1 aliphatic rings. The molecule has 7 nitrogen and oxygen atoms in total. The molecule has 2 aromatic rings. The van der Waals surface area contributed by atoms with E-state index in [9.17, 15) is 14.7 Å². The Morgan fingerprint density at radius 1 is 1.03 bits per heavy atom. The largest absolute Gasteiger partial charge is 0.507 e. The Labute approximate surface area is 181 Å². The minimum Gasteiger partial charge on any atom is -0.507 e. The number of ketones is 1. The first-order valence-corrected chi connectivity index (χ1v) is 10.2. The van der Waals surface area contributed by atoms with Gasteiger partial charge >= 0.3 is 0 Å². The van der Waals surface area contributed by atoms with Gasteiger partial charge in [-0.2, -0.15) is 0 Å². The molecule has 3 rings (SSSR count). The predicted octanol–water partition coefficient (Wildman–Crippen LogP) is 3.93. The van der Waals surface area contributed by atoms with Gasteiger partial charge in [0.05, 0.1) is 38.0 Å². The van der Waals surface area contributed by atoms with Crippen LogP contribution >= 0.6 is 0 Å². The minimum absolute atomic E-state index is 0.0237. The van der Waals surface area contributed by atoms with Crippen molar-refractivity contribution in [3.63, 3.8) is 0 Å². The van der Waals surface area contributed by atoms with Crippen LogP contribution in [0.15, 0.2) is 48.0 Å². The summed E-state index contributed by atoms with van der Waals surface area (Å²) in [5.41, 5.74) is 1.02. The molecule has 1 saturated heterocycles. The maximum Gasteiger partial charge on any atom is 0.295 e. The van der Waals surface area contributed by atoms with Crippen molar-refractivity contribution in [1.29, 1.82) is 0 Å². The molecule has 0 aliphatic carbocycles. The second-order valence-electron chi connectivity index (χ2n) is 7.06. The number of aliphatic hydroxyl groups excluding tert-OH is 1. The number of carbonyl (C=O) groups excluding carboxylic acids is 2. The van der Waals surface area contributed by atoms with Gasteiger partial charge in [0, 0.05) is 12.6 Å². The molecule has 1 aliphatic heterocycles. The van der Waals surface area contributed by atoms with Gasteiger partial charge in [0.1, 0.15) is 23.0 Å². The van der Waals surface area contributed by atoms with Crippen LogP contribution in [0.5, 0.6) is 17.2 Å². The van der Waals surface area contributed by atoms with Gasteiger partial charge in [0.25, 0.3) is 11.7 Å². The van der Waals surface area contributed by atoms with E-state index in [1.165, 1.54) is 19.1 Å². The minimum atomic E-state index is -0.729.